The third kappa shape index (κ3) is 4.60. The van der Waals surface area contributed by atoms with Gasteiger partial charge in [0.1, 0.15) is 17.6 Å². The van der Waals surface area contributed by atoms with Crippen molar-refractivity contribution in [3.63, 3.8) is 0 Å². The summed E-state index contributed by atoms with van der Waals surface area (Å²) >= 11 is 0. The van der Waals surface area contributed by atoms with Crippen molar-refractivity contribution in [2.45, 2.75) is 33.2 Å². The molecule has 1 saturated heterocycles. The van der Waals surface area contributed by atoms with E-state index in [2.05, 4.69) is 4.99 Å². The molecule has 25 heavy (non-hydrogen) atoms. The van der Waals surface area contributed by atoms with Gasteiger partial charge in [-0.05, 0) is 25.5 Å². The number of aliphatic imine (C=N–C) groups is 1. The van der Waals surface area contributed by atoms with Gasteiger partial charge in [0.25, 0.3) is 5.91 Å². The summed E-state index contributed by atoms with van der Waals surface area (Å²) < 4.78 is 5.07. The maximum atomic E-state index is 12.4. The highest BCUT2D eigenvalue weighted by Gasteiger charge is 2.34. The van der Waals surface area contributed by atoms with Crippen LogP contribution in [0.3, 0.4) is 0 Å². The van der Waals surface area contributed by atoms with Crippen LogP contribution in [-0.4, -0.2) is 43.2 Å². The average molecular weight is 345 g/mol. The maximum absolute atomic E-state index is 12.4. The van der Waals surface area contributed by atoms with Crippen LogP contribution in [0, 0.1) is 12.3 Å². The topological polar surface area (TPSA) is 88.1 Å². The van der Waals surface area contributed by atoms with E-state index in [1.54, 1.807) is 7.11 Å². The Labute approximate surface area is 149 Å². The summed E-state index contributed by atoms with van der Waals surface area (Å²) in [5.74, 6) is -0.257. The molecule has 1 heterocycles. The van der Waals surface area contributed by atoms with E-state index >= 15 is 0 Å². The zero-order chi connectivity index (χ0) is 18.6. The SMILES string of the molecule is COCC(C)(C)/C(O)=C/C(N)=NC(=O)[C@@H]1CCN1c1ccc(C)cc1. The predicted octanol–water partition coefficient (Wildman–Crippen LogP) is 2.57. The third-order valence-corrected chi connectivity index (χ3v) is 4.39. The van der Waals surface area contributed by atoms with Gasteiger partial charge in [0.05, 0.1) is 6.61 Å². The maximum Gasteiger partial charge on any atom is 0.270 e. The van der Waals surface area contributed by atoms with Crippen LogP contribution in [0.5, 0.6) is 0 Å². The van der Waals surface area contributed by atoms with E-state index in [1.165, 1.54) is 11.6 Å². The molecule has 3 N–H and O–H groups in total. The molecule has 6 heteroatoms. The lowest BCUT2D eigenvalue weighted by Crippen LogP contribution is -2.52. The number of anilines is 1. The molecule has 1 fully saturated rings. The summed E-state index contributed by atoms with van der Waals surface area (Å²) in [4.78, 5) is 18.4. The van der Waals surface area contributed by atoms with Crippen molar-refractivity contribution in [2.75, 3.05) is 25.2 Å². The second-order valence-electron chi connectivity index (χ2n) is 7.05. The summed E-state index contributed by atoms with van der Waals surface area (Å²) in [6, 6.07) is 7.74. The van der Waals surface area contributed by atoms with E-state index in [-0.39, 0.29) is 23.5 Å². The monoisotopic (exact) mass is 345 g/mol. The molecule has 1 atom stereocenters. The fourth-order valence-corrected chi connectivity index (χ4v) is 2.69. The number of ether oxygens (including phenoxy) is 1. The van der Waals surface area contributed by atoms with Crippen molar-refractivity contribution in [3.8, 4) is 0 Å². The number of hydrogen-bond acceptors (Lipinski definition) is 4. The molecule has 0 radical (unpaired) electrons. The first-order valence-electron chi connectivity index (χ1n) is 8.36. The summed E-state index contributed by atoms with van der Waals surface area (Å²) in [6.45, 7) is 6.82. The van der Waals surface area contributed by atoms with Gasteiger partial charge in [-0.25, -0.2) is 0 Å². The number of aryl methyl sites for hydroxylation is 1. The number of methoxy groups -OCH3 is 1. The molecule has 0 spiro atoms. The van der Waals surface area contributed by atoms with Crippen LogP contribution in [0.2, 0.25) is 0 Å². The van der Waals surface area contributed by atoms with Crippen molar-refractivity contribution < 1.29 is 14.6 Å². The second-order valence-corrected chi connectivity index (χ2v) is 7.05. The normalized spacial score (nSPS) is 18.9. The number of amides is 1. The van der Waals surface area contributed by atoms with Gasteiger partial charge in [-0.15, -0.1) is 0 Å². The molecule has 0 bridgehead atoms. The zero-order valence-corrected chi connectivity index (χ0v) is 15.3. The summed E-state index contributed by atoms with van der Waals surface area (Å²) in [5, 5.41) is 10.2. The average Bonchev–Trinajstić information content (AvgIpc) is 2.47. The van der Waals surface area contributed by atoms with Gasteiger partial charge in [-0.2, -0.15) is 4.99 Å². The lowest BCUT2D eigenvalue weighted by atomic mass is 9.91. The summed E-state index contributed by atoms with van der Waals surface area (Å²) in [7, 11) is 1.56. The van der Waals surface area contributed by atoms with Gasteiger partial charge in [0.15, 0.2) is 0 Å². The molecule has 0 aliphatic carbocycles. The Morgan fingerprint density at radius 1 is 1.44 bits per heavy atom. The number of nitrogens with two attached hydrogens (primary N) is 1. The molecule has 1 amide bonds. The van der Waals surface area contributed by atoms with Crippen LogP contribution in [0.4, 0.5) is 5.69 Å². The van der Waals surface area contributed by atoms with Crippen molar-refractivity contribution in [3.05, 3.63) is 41.7 Å². The Balaban J connectivity index is 2.07. The van der Waals surface area contributed by atoms with Crippen molar-refractivity contribution in [1.29, 1.82) is 0 Å². The molecule has 1 aliphatic heterocycles. The van der Waals surface area contributed by atoms with Crippen LogP contribution in [-0.2, 0) is 9.53 Å². The molecule has 6 nitrogen and oxygen atoms in total. The number of carbonyl (C=O) groups excluding carboxylic acids is 1. The number of amidine groups is 1. The Hall–Kier alpha value is -2.34. The minimum Gasteiger partial charge on any atom is -0.512 e. The molecule has 2 rings (SSSR count). The molecule has 136 valence electrons. The number of rotatable bonds is 6. The van der Waals surface area contributed by atoms with Crippen LogP contribution >= 0.6 is 0 Å². The Morgan fingerprint density at radius 2 is 2.08 bits per heavy atom. The lowest BCUT2D eigenvalue weighted by molar-refractivity contribution is -0.120. The minimum atomic E-state index is -0.595. The molecule has 1 aliphatic rings. The first kappa shape index (κ1) is 19.0. The van der Waals surface area contributed by atoms with Crippen LogP contribution in [0.25, 0.3) is 0 Å². The number of nitrogens with zero attached hydrogens (tertiary/aromatic N) is 2. The molecule has 1 aromatic carbocycles. The lowest BCUT2D eigenvalue weighted by Gasteiger charge is -2.40. The van der Waals surface area contributed by atoms with Crippen LogP contribution < -0.4 is 10.6 Å². The van der Waals surface area contributed by atoms with E-state index < -0.39 is 5.41 Å². The van der Waals surface area contributed by atoms with E-state index in [0.717, 1.165) is 18.7 Å². The molecular weight excluding hydrogens is 318 g/mol. The molecule has 0 saturated carbocycles. The quantitative estimate of drug-likeness (QED) is 0.470. The minimum absolute atomic E-state index is 0.00225. The van der Waals surface area contributed by atoms with E-state index in [1.807, 2.05) is 49.9 Å². The van der Waals surface area contributed by atoms with E-state index in [0.29, 0.717) is 6.61 Å². The number of hydrogen-bond donors (Lipinski definition) is 2. The van der Waals surface area contributed by atoms with Gasteiger partial charge >= 0.3 is 0 Å². The summed E-state index contributed by atoms with van der Waals surface area (Å²) in [6.07, 6.45) is 2.07. The fourth-order valence-electron chi connectivity index (χ4n) is 2.69. The van der Waals surface area contributed by atoms with Crippen LogP contribution in [0.15, 0.2) is 41.1 Å². The Bertz CT molecular complexity index is 678. The smallest absolute Gasteiger partial charge is 0.270 e. The number of aliphatic hydroxyl groups is 1. The second kappa shape index (κ2) is 7.70. The fraction of sp³-hybridized carbons (Fsp3) is 0.474. The van der Waals surface area contributed by atoms with Gasteiger partial charge in [0, 0.05) is 30.8 Å². The van der Waals surface area contributed by atoms with E-state index in [4.69, 9.17) is 10.5 Å². The first-order chi connectivity index (χ1) is 11.7. The van der Waals surface area contributed by atoms with E-state index in [9.17, 15) is 9.90 Å². The highest BCUT2D eigenvalue weighted by molar-refractivity contribution is 6.03. The predicted molar refractivity (Wildman–Crippen MR) is 99.9 cm³/mol. The number of benzene rings is 1. The highest BCUT2D eigenvalue weighted by atomic mass is 16.5. The largest absolute Gasteiger partial charge is 0.512 e. The molecular formula is C19H27N3O3. The molecule has 0 aromatic heterocycles. The number of carbonyl (C=O) groups is 1. The van der Waals surface area contributed by atoms with Crippen molar-refractivity contribution >= 4 is 17.4 Å². The van der Waals surface area contributed by atoms with Crippen molar-refractivity contribution in [1.82, 2.24) is 0 Å². The Kier molecular flexibility index (Phi) is 5.85. The highest BCUT2D eigenvalue weighted by Crippen LogP contribution is 2.28. The molecule has 1 aromatic rings. The van der Waals surface area contributed by atoms with Crippen molar-refractivity contribution in [2.24, 2.45) is 16.1 Å². The van der Waals surface area contributed by atoms with Gasteiger partial charge in [0.2, 0.25) is 0 Å². The van der Waals surface area contributed by atoms with Gasteiger partial charge in [-0.3, -0.25) is 4.79 Å². The Morgan fingerprint density at radius 3 is 2.60 bits per heavy atom. The van der Waals surface area contributed by atoms with Gasteiger partial charge in [-0.1, -0.05) is 31.5 Å². The summed E-state index contributed by atoms with van der Waals surface area (Å²) in [5.41, 5.74) is 7.41. The number of aliphatic hydroxyl groups excluding tert-OH is 1. The van der Waals surface area contributed by atoms with Gasteiger partial charge < -0.3 is 20.5 Å². The van der Waals surface area contributed by atoms with Crippen LogP contribution in [0.1, 0.15) is 25.8 Å². The standard InChI is InChI=1S/C19H27N3O3/c1-13-5-7-14(8-6-13)22-10-9-15(22)18(24)21-17(20)11-16(23)19(2,3)12-25-4/h5-8,11,15,23H,9-10,12H2,1-4H3,(H2,20,21,24)/b16-11-/t15-/m0/s1. The third-order valence-electron chi connectivity index (χ3n) is 4.39. The molecule has 0 unspecified atom stereocenters. The first-order valence-corrected chi connectivity index (χ1v) is 8.36. The zero-order valence-electron chi connectivity index (χ0n) is 15.3.